The van der Waals surface area contributed by atoms with E-state index < -0.39 is 29.2 Å². The number of H-pyrrole nitrogens is 1. The van der Waals surface area contributed by atoms with Gasteiger partial charge in [0.25, 0.3) is 5.56 Å². The van der Waals surface area contributed by atoms with Gasteiger partial charge < -0.3 is 33.8 Å². The summed E-state index contributed by atoms with van der Waals surface area (Å²) in [5.41, 5.74) is -0.705. The molecule has 10 nitrogen and oxygen atoms in total. The molecule has 1 aromatic carbocycles. The highest BCUT2D eigenvalue weighted by Crippen LogP contribution is 2.45. The van der Waals surface area contributed by atoms with Gasteiger partial charge in [0.1, 0.15) is 11.3 Å². The molecule has 0 aliphatic carbocycles. The molecule has 10 heteroatoms. The summed E-state index contributed by atoms with van der Waals surface area (Å²) < 4.78 is 25.4. The fourth-order valence-electron chi connectivity index (χ4n) is 3.11. The van der Waals surface area contributed by atoms with Gasteiger partial charge in [0.15, 0.2) is 11.5 Å². The van der Waals surface area contributed by atoms with Crippen molar-refractivity contribution in [3.8, 4) is 23.0 Å². The summed E-state index contributed by atoms with van der Waals surface area (Å²) >= 11 is 0. The van der Waals surface area contributed by atoms with E-state index in [2.05, 4.69) is 9.72 Å². The number of hydrogen-bond donors (Lipinski definition) is 2. The van der Waals surface area contributed by atoms with Gasteiger partial charge in [-0.25, -0.2) is 4.79 Å². The molecular formula is C19H19NO9. The second-order valence-corrected chi connectivity index (χ2v) is 6.08. The lowest BCUT2D eigenvalue weighted by molar-refractivity contribution is -0.140. The zero-order chi connectivity index (χ0) is 21.1. The van der Waals surface area contributed by atoms with Crippen molar-refractivity contribution in [2.45, 2.75) is 12.3 Å². The SMILES string of the molecule is COC(=O)CC(c1cc(OC)c2c(c1)OCO2)c1c(O)c(C(=O)OC)c[nH]c1=O. The van der Waals surface area contributed by atoms with Crippen molar-refractivity contribution < 1.29 is 38.4 Å². The van der Waals surface area contributed by atoms with Gasteiger partial charge in [-0.1, -0.05) is 0 Å². The first kappa shape index (κ1) is 20.1. The molecular weight excluding hydrogens is 386 g/mol. The molecule has 0 spiro atoms. The molecule has 154 valence electrons. The molecule has 2 N–H and O–H groups in total. The third-order valence-corrected chi connectivity index (χ3v) is 4.54. The summed E-state index contributed by atoms with van der Waals surface area (Å²) in [5.74, 6) is -1.98. The number of esters is 2. The largest absolute Gasteiger partial charge is 0.506 e. The molecule has 29 heavy (non-hydrogen) atoms. The Morgan fingerprint density at radius 3 is 2.62 bits per heavy atom. The number of ether oxygens (including phenoxy) is 5. The maximum absolute atomic E-state index is 12.6. The van der Waals surface area contributed by atoms with Crippen LogP contribution in [-0.2, 0) is 14.3 Å². The van der Waals surface area contributed by atoms with Crippen LogP contribution in [0.15, 0.2) is 23.1 Å². The maximum atomic E-state index is 12.6. The van der Waals surface area contributed by atoms with E-state index in [4.69, 9.17) is 18.9 Å². The number of nitrogens with one attached hydrogen (secondary N) is 1. The highest BCUT2D eigenvalue weighted by molar-refractivity contribution is 5.92. The Hall–Kier alpha value is -3.69. The van der Waals surface area contributed by atoms with E-state index >= 15 is 0 Å². The summed E-state index contributed by atoms with van der Waals surface area (Å²) in [6.07, 6.45) is 0.753. The molecule has 1 atom stereocenters. The highest BCUT2D eigenvalue weighted by Gasteiger charge is 2.31. The van der Waals surface area contributed by atoms with Gasteiger partial charge in [-0.3, -0.25) is 9.59 Å². The number of aromatic hydroxyl groups is 1. The first-order valence-corrected chi connectivity index (χ1v) is 8.48. The van der Waals surface area contributed by atoms with Crippen molar-refractivity contribution in [3.05, 3.63) is 45.4 Å². The van der Waals surface area contributed by atoms with Gasteiger partial charge >= 0.3 is 11.9 Å². The van der Waals surface area contributed by atoms with Crippen molar-refractivity contribution in [3.63, 3.8) is 0 Å². The van der Waals surface area contributed by atoms with Crippen molar-refractivity contribution >= 4 is 11.9 Å². The average Bonchev–Trinajstić information content (AvgIpc) is 3.20. The molecule has 3 rings (SSSR count). The van der Waals surface area contributed by atoms with E-state index in [1.54, 1.807) is 12.1 Å². The average molecular weight is 405 g/mol. The summed E-state index contributed by atoms with van der Waals surface area (Å²) in [6, 6.07) is 3.13. The van der Waals surface area contributed by atoms with Crippen LogP contribution in [-0.4, -0.2) is 50.2 Å². The van der Waals surface area contributed by atoms with Gasteiger partial charge in [0, 0.05) is 12.1 Å². The number of carbonyl (C=O) groups excluding carboxylic acids is 2. The molecule has 1 unspecified atom stereocenters. The number of benzene rings is 1. The predicted octanol–water partition coefficient (Wildman–Crippen LogP) is 1.30. The standard InChI is InChI=1S/C19H19NO9/c1-25-12-4-9(5-13-17(12)29-8-28-13)10(6-14(21)26-2)15-16(22)11(19(24)27-3)7-20-18(15)23/h4-5,7,10H,6,8H2,1-3H3,(H2,20,22,23). The Bertz CT molecular complexity index is 1010. The Labute approximate surface area is 164 Å². The van der Waals surface area contributed by atoms with Crippen LogP contribution in [0.2, 0.25) is 0 Å². The minimum absolute atomic E-state index is 0.0134. The van der Waals surface area contributed by atoms with Crippen LogP contribution in [0, 0.1) is 0 Å². The summed E-state index contributed by atoms with van der Waals surface area (Å²) in [5, 5.41) is 10.6. The third kappa shape index (κ3) is 3.68. The predicted molar refractivity (Wildman–Crippen MR) is 97.7 cm³/mol. The smallest absolute Gasteiger partial charge is 0.343 e. The number of rotatable bonds is 6. The second kappa shape index (κ2) is 8.13. The molecule has 0 fully saturated rings. The minimum Gasteiger partial charge on any atom is -0.506 e. The van der Waals surface area contributed by atoms with Crippen molar-refractivity contribution in [1.82, 2.24) is 4.98 Å². The van der Waals surface area contributed by atoms with Crippen LogP contribution >= 0.6 is 0 Å². The lowest BCUT2D eigenvalue weighted by atomic mass is 9.87. The van der Waals surface area contributed by atoms with Crippen LogP contribution < -0.4 is 19.8 Å². The van der Waals surface area contributed by atoms with E-state index in [0.29, 0.717) is 22.8 Å². The summed E-state index contributed by atoms with van der Waals surface area (Å²) in [7, 11) is 3.77. The van der Waals surface area contributed by atoms with Crippen LogP contribution in [0.25, 0.3) is 0 Å². The fraction of sp³-hybridized carbons (Fsp3) is 0.316. The number of pyridine rings is 1. The lowest BCUT2D eigenvalue weighted by Gasteiger charge is -2.19. The van der Waals surface area contributed by atoms with Gasteiger partial charge in [-0.15, -0.1) is 0 Å². The summed E-state index contributed by atoms with van der Waals surface area (Å²) in [6.45, 7) is -0.0134. The Morgan fingerprint density at radius 1 is 1.21 bits per heavy atom. The molecule has 2 aromatic rings. The van der Waals surface area contributed by atoms with E-state index in [1.807, 2.05) is 0 Å². The first-order chi connectivity index (χ1) is 13.9. The Balaban J connectivity index is 2.22. The van der Waals surface area contributed by atoms with E-state index in [-0.39, 0.29) is 24.3 Å². The molecule has 0 saturated heterocycles. The quantitative estimate of drug-likeness (QED) is 0.682. The molecule has 0 radical (unpaired) electrons. The minimum atomic E-state index is -0.973. The van der Waals surface area contributed by atoms with Crippen molar-refractivity contribution in [1.29, 1.82) is 0 Å². The van der Waals surface area contributed by atoms with Crippen LogP contribution in [0.5, 0.6) is 23.0 Å². The Kier molecular flexibility index (Phi) is 5.62. The van der Waals surface area contributed by atoms with Gasteiger partial charge in [0.05, 0.1) is 33.3 Å². The molecule has 0 amide bonds. The fourth-order valence-corrected chi connectivity index (χ4v) is 3.11. The van der Waals surface area contributed by atoms with Gasteiger partial charge in [-0.2, -0.15) is 0 Å². The van der Waals surface area contributed by atoms with E-state index in [1.165, 1.54) is 14.2 Å². The topological polar surface area (TPSA) is 133 Å². The van der Waals surface area contributed by atoms with Gasteiger partial charge in [0.2, 0.25) is 12.5 Å². The van der Waals surface area contributed by atoms with Crippen LogP contribution in [0.1, 0.15) is 33.8 Å². The van der Waals surface area contributed by atoms with E-state index in [0.717, 1.165) is 13.3 Å². The zero-order valence-corrected chi connectivity index (χ0v) is 15.9. The number of aromatic amines is 1. The molecule has 2 heterocycles. The summed E-state index contributed by atoms with van der Waals surface area (Å²) in [4.78, 5) is 39.0. The number of fused-ring (bicyclic) bond motifs is 1. The van der Waals surface area contributed by atoms with Crippen LogP contribution in [0.3, 0.4) is 0 Å². The molecule has 1 aliphatic heterocycles. The monoisotopic (exact) mass is 405 g/mol. The molecule has 1 aliphatic rings. The lowest BCUT2D eigenvalue weighted by Crippen LogP contribution is -2.22. The number of aromatic nitrogens is 1. The normalized spacial score (nSPS) is 12.9. The highest BCUT2D eigenvalue weighted by atomic mass is 16.7. The van der Waals surface area contributed by atoms with Crippen molar-refractivity contribution in [2.24, 2.45) is 0 Å². The third-order valence-electron chi connectivity index (χ3n) is 4.54. The zero-order valence-electron chi connectivity index (χ0n) is 15.9. The van der Waals surface area contributed by atoms with Crippen LogP contribution in [0.4, 0.5) is 0 Å². The van der Waals surface area contributed by atoms with Crippen molar-refractivity contribution in [2.75, 3.05) is 28.1 Å². The number of methoxy groups -OCH3 is 3. The Morgan fingerprint density at radius 2 is 1.97 bits per heavy atom. The van der Waals surface area contributed by atoms with Gasteiger partial charge in [-0.05, 0) is 17.7 Å². The second-order valence-electron chi connectivity index (χ2n) is 6.08. The van der Waals surface area contributed by atoms with E-state index in [9.17, 15) is 19.5 Å². The first-order valence-electron chi connectivity index (χ1n) is 8.48. The molecule has 0 saturated carbocycles. The maximum Gasteiger partial charge on any atom is 0.343 e. The number of carbonyl (C=O) groups is 2. The number of hydrogen-bond acceptors (Lipinski definition) is 9. The molecule has 1 aromatic heterocycles. The molecule has 0 bridgehead atoms.